The third-order valence-electron chi connectivity index (χ3n) is 3.53. The van der Waals surface area contributed by atoms with Gasteiger partial charge in [0.05, 0.1) is 18.2 Å². The molecule has 2 aromatic carbocycles. The van der Waals surface area contributed by atoms with Crippen molar-refractivity contribution in [1.29, 1.82) is 5.26 Å². The lowest BCUT2D eigenvalue weighted by molar-refractivity contribution is 0.147. The predicted molar refractivity (Wildman–Crippen MR) is 90.1 cm³/mol. The molecule has 2 aromatic rings. The number of anilines is 1. The van der Waals surface area contributed by atoms with Crippen molar-refractivity contribution in [3.63, 3.8) is 0 Å². The summed E-state index contributed by atoms with van der Waals surface area (Å²) in [7, 11) is 0. The Bertz CT molecular complexity index is 705. The molecule has 0 saturated heterocycles. The molecule has 2 rings (SSSR count). The summed E-state index contributed by atoms with van der Waals surface area (Å²) in [5.41, 5.74) is 3.76. The first-order chi connectivity index (χ1) is 11.1. The number of hydrogen-bond acceptors (Lipinski definition) is 3. The largest absolute Gasteiger partial charge is 0.444 e. The Labute approximate surface area is 136 Å². The fourth-order valence-corrected chi connectivity index (χ4v) is 2.28. The second kappa shape index (κ2) is 8.00. The molecule has 4 nitrogen and oxygen atoms in total. The maximum Gasteiger partial charge on any atom is 0.414 e. The van der Waals surface area contributed by atoms with Gasteiger partial charge in [0.2, 0.25) is 0 Å². The fourth-order valence-electron chi connectivity index (χ4n) is 2.28. The molecule has 0 unspecified atom stereocenters. The first kappa shape index (κ1) is 16.6. The van der Waals surface area contributed by atoms with Gasteiger partial charge in [-0.2, -0.15) is 5.26 Å². The summed E-state index contributed by atoms with van der Waals surface area (Å²) in [6, 6.07) is 17.5. The quantitative estimate of drug-likeness (QED) is 0.824. The van der Waals surface area contributed by atoms with Crippen LogP contribution in [0.1, 0.15) is 23.1 Å². The van der Waals surface area contributed by atoms with Gasteiger partial charge in [0.25, 0.3) is 0 Å². The molecular weight excluding hydrogens is 288 g/mol. The molecule has 0 aromatic heterocycles. The Morgan fingerprint density at radius 2 is 1.91 bits per heavy atom. The summed E-state index contributed by atoms with van der Waals surface area (Å²) in [6.45, 7) is 4.45. The normalized spacial score (nSPS) is 9.96. The van der Waals surface area contributed by atoms with Crippen LogP contribution in [0.4, 0.5) is 10.5 Å². The molecule has 0 heterocycles. The highest BCUT2D eigenvalue weighted by molar-refractivity contribution is 5.88. The van der Waals surface area contributed by atoms with Crippen molar-refractivity contribution in [2.75, 3.05) is 11.4 Å². The summed E-state index contributed by atoms with van der Waals surface area (Å²) < 4.78 is 5.41. The van der Waals surface area contributed by atoms with E-state index in [0.717, 1.165) is 22.4 Å². The van der Waals surface area contributed by atoms with Crippen LogP contribution in [-0.4, -0.2) is 12.6 Å². The van der Waals surface area contributed by atoms with E-state index in [1.54, 1.807) is 0 Å². The van der Waals surface area contributed by atoms with Gasteiger partial charge in [0.15, 0.2) is 0 Å². The summed E-state index contributed by atoms with van der Waals surface area (Å²) in [6.07, 6.45) is -0.175. The average Bonchev–Trinajstić information content (AvgIpc) is 2.57. The zero-order valence-corrected chi connectivity index (χ0v) is 13.5. The molecule has 0 radical (unpaired) electrons. The molecule has 0 saturated carbocycles. The van der Waals surface area contributed by atoms with Crippen LogP contribution in [-0.2, 0) is 11.3 Å². The van der Waals surface area contributed by atoms with Crippen molar-refractivity contribution < 1.29 is 9.53 Å². The van der Waals surface area contributed by atoms with E-state index in [4.69, 9.17) is 10.00 Å². The van der Waals surface area contributed by atoms with E-state index in [1.807, 2.05) is 62.4 Å². The summed E-state index contributed by atoms with van der Waals surface area (Å²) in [4.78, 5) is 14.0. The van der Waals surface area contributed by atoms with Crippen LogP contribution < -0.4 is 4.90 Å². The third-order valence-corrected chi connectivity index (χ3v) is 3.53. The minimum Gasteiger partial charge on any atom is -0.444 e. The molecule has 0 aliphatic carbocycles. The van der Waals surface area contributed by atoms with Gasteiger partial charge in [-0.05, 0) is 36.6 Å². The second-order valence-corrected chi connectivity index (χ2v) is 5.39. The first-order valence-corrected chi connectivity index (χ1v) is 7.54. The molecule has 23 heavy (non-hydrogen) atoms. The van der Waals surface area contributed by atoms with E-state index in [9.17, 15) is 4.79 Å². The van der Waals surface area contributed by atoms with Crippen molar-refractivity contribution in [1.82, 2.24) is 0 Å². The maximum absolute atomic E-state index is 12.5. The van der Waals surface area contributed by atoms with Gasteiger partial charge in [-0.25, -0.2) is 4.79 Å². The monoisotopic (exact) mass is 308 g/mol. The van der Waals surface area contributed by atoms with Crippen LogP contribution in [0.2, 0.25) is 0 Å². The number of amides is 1. The number of aryl methyl sites for hydroxylation is 2. The van der Waals surface area contributed by atoms with E-state index in [1.165, 1.54) is 4.90 Å². The Morgan fingerprint density at radius 1 is 1.17 bits per heavy atom. The molecule has 0 aliphatic rings. The zero-order valence-electron chi connectivity index (χ0n) is 13.5. The molecule has 4 heteroatoms. The van der Waals surface area contributed by atoms with Crippen LogP contribution in [0.3, 0.4) is 0 Å². The smallest absolute Gasteiger partial charge is 0.414 e. The predicted octanol–water partition coefficient (Wildman–Crippen LogP) is 4.36. The van der Waals surface area contributed by atoms with Gasteiger partial charge in [0.1, 0.15) is 6.61 Å². The maximum atomic E-state index is 12.5. The molecule has 0 atom stereocenters. The van der Waals surface area contributed by atoms with Crippen molar-refractivity contribution in [3.05, 3.63) is 65.2 Å². The number of ether oxygens (including phenoxy) is 1. The molecule has 0 fully saturated rings. The second-order valence-electron chi connectivity index (χ2n) is 5.39. The molecular formula is C19H20N2O2. The van der Waals surface area contributed by atoms with Crippen LogP contribution in [0.15, 0.2) is 48.5 Å². The van der Waals surface area contributed by atoms with E-state index in [0.29, 0.717) is 6.54 Å². The highest BCUT2D eigenvalue weighted by atomic mass is 16.6. The molecule has 0 spiro atoms. The van der Waals surface area contributed by atoms with Gasteiger partial charge in [-0.3, -0.25) is 4.90 Å². The van der Waals surface area contributed by atoms with E-state index < -0.39 is 6.09 Å². The minimum atomic E-state index is -0.433. The minimum absolute atomic E-state index is 0.216. The zero-order chi connectivity index (χ0) is 16.7. The van der Waals surface area contributed by atoms with Crippen molar-refractivity contribution >= 4 is 11.8 Å². The number of rotatable bonds is 5. The van der Waals surface area contributed by atoms with Gasteiger partial charge in [-0.1, -0.05) is 42.5 Å². The lowest BCUT2D eigenvalue weighted by Crippen LogP contribution is -2.33. The summed E-state index contributed by atoms with van der Waals surface area (Å²) >= 11 is 0. The number of nitriles is 1. The Balaban J connectivity index is 2.15. The Morgan fingerprint density at radius 3 is 2.61 bits per heavy atom. The van der Waals surface area contributed by atoms with Gasteiger partial charge in [0, 0.05) is 6.54 Å². The number of carbonyl (C=O) groups excluding carboxylic acids is 1. The van der Waals surface area contributed by atoms with Crippen molar-refractivity contribution in [3.8, 4) is 6.07 Å². The topological polar surface area (TPSA) is 53.3 Å². The van der Waals surface area contributed by atoms with Gasteiger partial charge in [-0.15, -0.1) is 0 Å². The first-order valence-electron chi connectivity index (χ1n) is 7.54. The molecule has 0 aliphatic heterocycles. The highest BCUT2D eigenvalue weighted by Crippen LogP contribution is 2.23. The molecule has 118 valence electrons. The van der Waals surface area contributed by atoms with E-state index in [2.05, 4.69) is 6.07 Å². The number of nitrogens with zero attached hydrogens (tertiary/aromatic N) is 2. The van der Waals surface area contributed by atoms with Crippen LogP contribution in [0, 0.1) is 25.2 Å². The number of benzene rings is 2. The van der Waals surface area contributed by atoms with Crippen LogP contribution >= 0.6 is 0 Å². The molecule has 1 amide bonds. The Hall–Kier alpha value is -2.80. The van der Waals surface area contributed by atoms with E-state index in [-0.39, 0.29) is 13.0 Å². The van der Waals surface area contributed by atoms with Gasteiger partial charge < -0.3 is 4.74 Å². The lowest BCUT2D eigenvalue weighted by atomic mass is 10.1. The SMILES string of the molecule is Cc1ccc(C)c(N(CCC#N)C(=O)OCc2ccccc2)c1. The third kappa shape index (κ3) is 4.58. The summed E-state index contributed by atoms with van der Waals surface area (Å²) in [5, 5.41) is 8.85. The highest BCUT2D eigenvalue weighted by Gasteiger charge is 2.19. The van der Waals surface area contributed by atoms with Crippen LogP contribution in [0.25, 0.3) is 0 Å². The van der Waals surface area contributed by atoms with Gasteiger partial charge >= 0.3 is 6.09 Å². The lowest BCUT2D eigenvalue weighted by Gasteiger charge is -2.23. The molecule has 0 bridgehead atoms. The molecule has 0 N–H and O–H groups in total. The standard InChI is InChI=1S/C19H20N2O2/c1-15-9-10-16(2)18(13-15)21(12-6-11-20)19(22)23-14-17-7-4-3-5-8-17/h3-5,7-10,13H,6,12,14H2,1-2H3. The van der Waals surface area contributed by atoms with Crippen LogP contribution in [0.5, 0.6) is 0 Å². The van der Waals surface area contributed by atoms with E-state index >= 15 is 0 Å². The summed E-state index contributed by atoms with van der Waals surface area (Å²) in [5.74, 6) is 0. The fraction of sp³-hybridized carbons (Fsp3) is 0.263. The number of carbonyl (C=O) groups is 1. The van der Waals surface area contributed by atoms with Crippen molar-refractivity contribution in [2.45, 2.75) is 26.9 Å². The average molecular weight is 308 g/mol. The number of hydrogen-bond donors (Lipinski definition) is 0. The van der Waals surface area contributed by atoms with Crippen molar-refractivity contribution in [2.24, 2.45) is 0 Å². The Kier molecular flexibility index (Phi) is 5.76.